The Morgan fingerprint density at radius 1 is 1.27 bits per heavy atom. The van der Waals surface area contributed by atoms with Gasteiger partial charge in [0.1, 0.15) is 0 Å². The summed E-state index contributed by atoms with van der Waals surface area (Å²) in [7, 11) is 1.72. The number of hydrogen-bond donors (Lipinski definition) is 1. The number of hydrogen-bond acceptors (Lipinski definition) is 5. The molecular formula is C22H29BrN4O2S. The summed E-state index contributed by atoms with van der Waals surface area (Å²) in [5.74, 6) is -0.0231. The van der Waals surface area contributed by atoms with Crippen molar-refractivity contribution in [1.29, 1.82) is 0 Å². The van der Waals surface area contributed by atoms with Crippen LogP contribution in [0, 0.1) is 6.92 Å². The van der Waals surface area contributed by atoms with Gasteiger partial charge in [0.15, 0.2) is 5.16 Å². The molecule has 1 aromatic carbocycles. The van der Waals surface area contributed by atoms with Crippen molar-refractivity contribution in [2.24, 2.45) is 7.05 Å². The van der Waals surface area contributed by atoms with Gasteiger partial charge in [0.2, 0.25) is 5.91 Å². The lowest BCUT2D eigenvalue weighted by atomic mass is 10.1. The third kappa shape index (κ3) is 5.95. The van der Waals surface area contributed by atoms with Crippen molar-refractivity contribution in [3.63, 3.8) is 0 Å². The molecule has 1 unspecified atom stereocenters. The fourth-order valence-electron chi connectivity index (χ4n) is 3.54. The molecule has 3 rings (SSSR count). The molecule has 1 amide bonds. The van der Waals surface area contributed by atoms with Crippen molar-refractivity contribution in [2.45, 2.75) is 43.5 Å². The van der Waals surface area contributed by atoms with Crippen LogP contribution in [0.2, 0.25) is 0 Å². The molecule has 1 aliphatic heterocycles. The number of carbonyl (C=O) groups excluding carboxylic acids is 1. The first-order chi connectivity index (χ1) is 14.3. The maximum Gasteiger partial charge on any atom is 0.257 e. The summed E-state index contributed by atoms with van der Waals surface area (Å²) in [5.41, 5.74) is 2.40. The van der Waals surface area contributed by atoms with Crippen LogP contribution in [-0.2, 0) is 18.3 Å². The molecule has 162 valence electrons. The van der Waals surface area contributed by atoms with E-state index in [9.17, 15) is 9.59 Å². The van der Waals surface area contributed by atoms with E-state index in [-0.39, 0.29) is 16.7 Å². The second kappa shape index (κ2) is 10.6. The Hall–Kier alpha value is -1.64. The van der Waals surface area contributed by atoms with Gasteiger partial charge in [-0.05, 0) is 57.5 Å². The zero-order valence-corrected chi connectivity index (χ0v) is 20.2. The lowest BCUT2D eigenvalue weighted by molar-refractivity contribution is -0.120. The van der Waals surface area contributed by atoms with Gasteiger partial charge < -0.3 is 10.2 Å². The summed E-state index contributed by atoms with van der Waals surface area (Å²) in [5, 5.41) is 3.25. The predicted octanol–water partition coefficient (Wildman–Crippen LogP) is 3.13. The fraction of sp³-hybridized carbons (Fsp3) is 0.500. The Kier molecular flexibility index (Phi) is 8.13. The minimum atomic E-state index is -0.321. The Balaban J connectivity index is 1.63. The van der Waals surface area contributed by atoms with Crippen LogP contribution in [-0.4, -0.2) is 51.8 Å². The summed E-state index contributed by atoms with van der Waals surface area (Å²) in [6.45, 7) is 7.51. The molecule has 1 saturated heterocycles. The minimum absolute atomic E-state index is 0.0231. The number of amides is 1. The van der Waals surface area contributed by atoms with Crippen LogP contribution < -0.4 is 10.9 Å². The first kappa shape index (κ1) is 23.0. The number of aromatic nitrogens is 2. The van der Waals surface area contributed by atoms with Gasteiger partial charge >= 0.3 is 0 Å². The van der Waals surface area contributed by atoms with Crippen molar-refractivity contribution in [2.75, 3.05) is 26.2 Å². The van der Waals surface area contributed by atoms with E-state index in [1.165, 1.54) is 24.6 Å². The quantitative estimate of drug-likeness (QED) is 0.452. The summed E-state index contributed by atoms with van der Waals surface area (Å²) in [6, 6.07) is 7.94. The van der Waals surface area contributed by atoms with E-state index in [1.54, 1.807) is 11.6 Å². The zero-order chi connectivity index (χ0) is 21.7. The van der Waals surface area contributed by atoms with Crippen LogP contribution in [0.4, 0.5) is 0 Å². The SMILES string of the molecule is Cc1nc(SC(C)C(=O)NCCN2CCCC2)n(C)c(=O)c1Cc1ccc(Br)cc1. The molecule has 1 atom stereocenters. The molecule has 2 heterocycles. The molecule has 1 aliphatic rings. The molecule has 1 fully saturated rings. The van der Waals surface area contributed by atoms with Crippen LogP contribution in [0.1, 0.15) is 36.6 Å². The van der Waals surface area contributed by atoms with Gasteiger partial charge in [-0.15, -0.1) is 0 Å². The van der Waals surface area contributed by atoms with Gasteiger partial charge in [0, 0.05) is 42.3 Å². The van der Waals surface area contributed by atoms with Crippen LogP contribution in [0.5, 0.6) is 0 Å². The lowest BCUT2D eigenvalue weighted by Gasteiger charge is -2.17. The second-order valence-corrected chi connectivity index (χ2v) is 9.95. The highest BCUT2D eigenvalue weighted by atomic mass is 79.9. The minimum Gasteiger partial charge on any atom is -0.354 e. The molecule has 0 spiro atoms. The molecule has 0 radical (unpaired) electrons. The van der Waals surface area contributed by atoms with E-state index in [2.05, 4.69) is 31.1 Å². The highest BCUT2D eigenvalue weighted by molar-refractivity contribution is 9.10. The van der Waals surface area contributed by atoms with Gasteiger partial charge in [-0.2, -0.15) is 0 Å². The third-order valence-electron chi connectivity index (χ3n) is 5.42. The van der Waals surface area contributed by atoms with Crippen molar-refractivity contribution >= 4 is 33.6 Å². The summed E-state index contributed by atoms with van der Waals surface area (Å²) in [6.07, 6.45) is 3.03. The number of likely N-dealkylation sites (tertiary alicyclic amines) is 1. The number of nitrogens with one attached hydrogen (secondary N) is 1. The number of halogens is 1. The maximum absolute atomic E-state index is 12.9. The number of nitrogens with zero attached hydrogens (tertiary/aromatic N) is 3. The van der Waals surface area contributed by atoms with E-state index >= 15 is 0 Å². The molecule has 2 aromatic rings. The van der Waals surface area contributed by atoms with Crippen LogP contribution >= 0.6 is 27.7 Å². The highest BCUT2D eigenvalue weighted by Gasteiger charge is 2.20. The normalized spacial score (nSPS) is 15.3. The van der Waals surface area contributed by atoms with Crippen LogP contribution in [0.15, 0.2) is 38.7 Å². The summed E-state index contributed by atoms with van der Waals surface area (Å²) >= 11 is 4.76. The molecule has 0 bridgehead atoms. The third-order valence-corrected chi connectivity index (χ3v) is 7.09. The van der Waals surface area contributed by atoms with Crippen LogP contribution in [0.3, 0.4) is 0 Å². The smallest absolute Gasteiger partial charge is 0.257 e. The van der Waals surface area contributed by atoms with E-state index in [1.807, 2.05) is 38.1 Å². The molecular weight excluding hydrogens is 464 g/mol. The van der Waals surface area contributed by atoms with Gasteiger partial charge in [-0.25, -0.2) is 4.98 Å². The van der Waals surface area contributed by atoms with E-state index in [0.717, 1.165) is 29.7 Å². The van der Waals surface area contributed by atoms with E-state index in [0.29, 0.717) is 29.4 Å². The first-order valence-corrected chi connectivity index (χ1v) is 12.0. The molecule has 6 nitrogen and oxygen atoms in total. The van der Waals surface area contributed by atoms with Gasteiger partial charge in [-0.1, -0.05) is 39.8 Å². The number of aryl methyl sites for hydroxylation is 1. The largest absolute Gasteiger partial charge is 0.354 e. The highest BCUT2D eigenvalue weighted by Crippen LogP contribution is 2.22. The van der Waals surface area contributed by atoms with Crippen molar-refractivity contribution < 1.29 is 4.79 Å². The van der Waals surface area contributed by atoms with Crippen molar-refractivity contribution in [3.8, 4) is 0 Å². The molecule has 30 heavy (non-hydrogen) atoms. The fourth-order valence-corrected chi connectivity index (χ4v) is 4.75. The van der Waals surface area contributed by atoms with Crippen molar-refractivity contribution in [3.05, 3.63) is 55.9 Å². The lowest BCUT2D eigenvalue weighted by Crippen LogP contribution is -2.37. The number of rotatable bonds is 8. The first-order valence-electron chi connectivity index (χ1n) is 10.3. The Morgan fingerprint density at radius 3 is 2.60 bits per heavy atom. The molecule has 8 heteroatoms. The number of thioether (sulfide) groups is 1. The van der Waals surface area contributed by atoms with Gasteiger partial charge in [0.05, 0.1) is 5.25 Å². The number of carbonyl (C=O) groups is 1. The molecule has 1 N–H and O–H groups in total. The monoisotopic (exact) mass is 492 g/mol. The van der Waals surface area contributed by atoms with E-state index in [4.69, 9.17) is 0 Å². The standard InChI is InChI=1S/C22H29BrN4O2S/c1-15-19(14-17-6-8-18(23)9-7-17)21(29)26(3)22(25-15)30-16(2)20(28)24-10-13-27-11-4-5-12-27/h6-9,16H,4-5,10-14H2,1-3H3,(H,24,28). The average Bonchev–Trinajstić information content (AvgIpc) is 3.24. The Labute approximate surface area is 190 Å². The van der Waals surface area contributed by atoms with Gasteiger partial charge in [-0.3, -0.25) is 14.2 Å². The second-order valence-electron chi connectivity index (χ2n) is 7.73. The zero-order valence-electron chi connectivity index (χ0n) is 17.8. The Bertz CT molecular complexity index is 939. The van der Waals surface area contributed by atoms with Gasteiger partial charge in [0.25, 0.3) is 5.56 Å². The van der Waals surface area contributed by atoms with E-state index < -0.39 is 0 Å². The molecule has 1 aromatic heterocycles. The summed E-state index contributed by atoms with van der Waals surface area (Å²) < 4.78 is 2.56. The summed E-state index contributed by atoms with van der Waals surface area (Å²) in [4.78, 5) is 32.4. The Morgan fingerprint density at radius 2 is 1.93 bits per heavy atom. The number of benzene rings is 1. The van der Waals surface area contributed by atoms with Crippen molar-refractivity contribution in [1.82, 2.24) is 19.8 Å². The molecule has 0 aliphatic carbocycles. The maximum atomic E-state index is 12.9. The average molecular weight is 493 g/mol. The molecule has 0 saturated carbocycles. The topological polar surface area (TPSA) is 67.2 Å². The van der Waals surface area contributed by atoms with Crippen LogP contribution in [0.25, 0.3) is 0 Å². The predicted molar refractivity (Wildman–Crippen MR) is 125 cm³/mol.